The van der Waals surface area contributed by atoms with Gasteiger partial charge in [0, 0.05) is 35.6 Å². The van der Waals surface area contributed by atoms with Gasteiger partial charge in [0.05, 0.1) is 0 Å². The van der Waals surface area contributed by atoms with E-state index in [1.54, 1.807) is 6.07 Å². The monoisotopic (exact) mass is 317 g/mol. The Bertz CT molecular complexity index is 697. The highest BCUT2D eigenvalue weighted by Gasteiger charge is 2.28. The predicted octanol–water partition coefficient (Wildman–Crippen LogP) is 3.69. The van der Waals surface area contributed by atoms with E-state index in [-0.39, 0.29) is 12.5 Å². The lowest BCUT2D eigenvalue weighted by Gasteiger charge is -2.35. The van der Waals surface area contributed by atoms with Crippen LogP contribution >= 0.6 is 11.3 Å². The molecule has 0 aliphatic carbocycles. The van der Waals surface area contributed by atoms with Crippen molar-refractivity contribution in [2.45, 2.75) is 32.4 Å². The van der Waals surface area contributed by atoms with Gasteiger partial charge in [-0.25, -0.2) is 0 Å². The molecule has 4 rings (SSSR count). The fourth-order valence-electron chi connectivity index (χ4n) is 3.43. The Hall–Kier alpha value is -1.72. The topological polar surface area (TPSA) is 41.9 Å². The highest BCUT2D eigenvalue weighted by atomic mass is 32.1. The molecule has 0 unspecified atom stereocenters. The third-order valence-electron chi connectivity index (χ3n) is 4.54. The standard InChI is InChI=1S/C17H19NO3S/c1-2-13-12-4-6-22-17(12)3-5-18(13)9-11-7-15-16(8-14(11)19)21-10-20-15/h4,6-8,13,19H,2-3,5,9-10H2,1H3/t13-/m1/s1. The number of phenolic OH excluding ortho intramolecular Hbond substituents is 1. The molecule has 2 aliphatic heterocycles. The van der Waals surface area contributed by atoms with Crippen LogP contribution in [-0.4, -0.2) is 23.3 Å². The Balaban J connectivity index is 1.61. The summed E-state index contributed by atoms with van der Waals surface area (Å²) >= 11 is 1.86. The van der Waals surface area contributed by atoms with Crippen molar-refractivity contribution in [3.05, 3.63) is 39.6 Å². The minimum Gasteiger partial charge on any atom is -0.507 e. The molecule has 1 N–H and O–H groups in total. The highest BCUT2D eigenvalue weighted by molar-refractivity contribution is 7.10. The molecule has 116 valence electrons. The lowest BCUT2D eigenvalue weighted by molar-refractivity contribution is 0.170. The van der Waals surface area contributed by atoms with Crippen molar-refractivity contribution >= 4 is 11.3 Å². The summed E-state index contributed by atoms with van der Waals surface area (Å²) in [7, 11) is 0. The molecule has 0 spiro atoms. The van der Waals surface area contributed by atoms with Gasteiger partial charge >= 0.3 is 0 Å². The van der Waals surface area contributed by atoms with Crippen molar-refractivity contribution < 1.29 is 14.6 Å². The summed E-state index contributed by atoms with van der Waals surface area (Å²) in [4.78, 5) is 3.96. The molecule has 0 radical (unpaired) electrons. The maximum atomic E-state index is 10.3. The van der Waals surface area contributed by atoms with Crippen LogP contribution in [0.4, 0.5) is 0 Å². The number of phenols is 1. The van der Waals surface area contributed by atoms with E-state index in [0.717, 1.165) is 37.2 Å². The summed E-state index contributed by atoms with van der Waals surface area (Å²) in [5.41, 5.74) is 2.36. The summed E-state index contributed by atoms with van der Waals surface area (Å²) in [6.45, 7) is 4.22. The van der Waals surface area contributed by atoms with E-state index >= 15 is 0 Å². The van der Waals surface area contributed by atoms with Crippen LogP contribution in [0, 0.1) is 0 Å². The van der Waals surface area contributed by atoms with Gasteiger partial charge in [0.25, 0.3) is 0 Å². The van der Waals surface area contributed by atoms with E-state index in [1.807, 2.05) is 17.4 Å². The summed E-state index contributed by atoms with van der Waals surface area (Å²) in [6.07, 6.45) is 2.17. The van der Waals surface area contributed by atoms with Gasteiger partial charge < -0.3 is 14.6 Å². The molecule has 1 atom stereocenters. The molecule has 5 heteroatoms. The number of ether oxygens (including phenoxy) is 2. The number of nitrogens with zero attached hydrogens (tertiary/aromatic N) is 1. The summed E-state index contributed by atoms with van der Waals surface area (Å²) < 4.78 is 10.7. The molecule has 0 bridgehead atoms. The third kappa shape index (κ3) is 2.25. The number of aromatic hydroxyl groups is 1. The Kier molecular flexibility index (Phi) is 3.47. The third-order valence-corrected chi connectivity index (χ3v) is 5.54. The zero-order valence-corrected chi connectivity index (χ0v) is 13.4. The summed E-state index contributed by atoms with van der Waals surface area (Å²) in [5, 5.41) is 12.4. The minimum absolute atomic E-state index is 0.234. The normalized spacial score (nSPS) is 20.1. The van der Waals surface area contributed by atoms with Gasteiger partial charge in [0.15, 0.2) is 11.5 Å². The number of fused-ring (bicyclic) bond motifs is 2. The van der Waals surface area contributed by atoms with Crippen LogP contribution in [0.25, 0.3) is 0 Å². The van der Waals surface area contributed by atoms with Gasteiger partial charge in [-0.15, -0.1) is 11.3 Å². The van der Waals surface area contributed by atoms with Crippen LogP contribution in [0.1, 0.15) is 35.4 Å². The van der Waals surface area contributed by atoms with E-state index in [9.17, 15) is 5.11 Å². The zero-order chi connectivity index (χ0) is 15.1. The Morgan fingerprint density at radius 2 is 2.14 bits per heavy atom. The molecule has 2 aliphatic rings. The van der Waals surface area contributed by atoms with Crippen LogP contribution in [-0.2, 0) is 13.0 Å². The first-order valence-electron chi connectivity index (χ1n) is 7.68. The molecule has 22 heavy (non-hydrogen) atoms. The van der Waals surface area contributed by atoms with Crippen LogP contribution in [0.3, 0.4) is 0 Å². The fraction of sp³-hybridized carbons (Fsp3) is 0.412. The van der Waals surface area contributed by atoms with E-state index < -0.39 is 0 Å². The van der Waals surface area contributed by atoms with E-state index in [4.69, 9.17) is 9.47 Å². The van der Waals surface area contributed by atoms with Gasteiger partial charge in [-0.1, -0.05) is 6.92 Å². The molecule has 3 heterocycles. The Morgan fingerprint density at radius 1 is 1.32 bits per heavy atom. The molecule has 1 aromatic heterocycles. The lowest BCUT2D eigenvalue weighted by Crippen LogP contribution is -2.33. The smallest absolute Gasteiger partial charge is 0.231 e. The van der Waals surface area contributed by atoms with Gasteiger partial charge in [-0.2, -0.15) is 0 Å². The average molecular weight is 317 g/mol. The molecule has 1 aromatic carbocycles. The number of rotatable bonds is 3. The maximum absolute atomic E-state index is 10.3. The molecule has 0 saturated carbocycles. The largest absolute Gasteiger partial charge is 0.507 e. The van der Waals surface area contributed by atoms with Crippen molar-refractivity contribution in [3.8, 4) is 17.2 Å². The summed E-state index contributed by atoms with van der Waals surface area (Å²) in [6, 6.07) is 6.26. The first-order chi connectivity index (χ1) is 10.8. The van der Waals surface area contributed by atoms with Gasteiger partial charge in [-0.3, -0.25) is 4.90 Å². The van der Waals surface area contributed by atoms with Crippen molar-refractivity contribution in [1.29, 1.82) is 0 Å². The molecule has 0 fully saturated rings. The number of thiophene rings is 1. The van der Waals surface area contributed by atoms with Gasteiger partial charge in [-0.05, 0) is 35.9 Å². The number of benzene rings is 1. The SMILES string of the molecule is CC[C@@H]1c2ccsc2CCN1Cc1cc2c(cc1O)OCO2. The molecule has 0 amide bonds. The summed E-state index contributed by atoms with van der Waals surface area (Å²) in [5.74, 6) is 1.65. The molecular weight excluding hydrogens is 298 g/mol. The van der Waals surface area contributed by atoms with Crippen molar-refractivity contribution in [3.63, 3.8) is 0 Å². The first kappa shape index (κ1) is 13.9. The second kappa shape index (κ2) is 5.48. The second-order valence-corrected chi connectivity index (χ2v) is 6.78. The van der Waals surface area contributed by atoms with Crippen LogP contribution < -0.4 is 9.47 Å². The van der Waals surface area contributed by atoms with E-state index in [2.05, 4.69) is 23.3 Å². The quantitative estimate of drug-likeness (QED) is 0.937. The van der Waals surface area contributed by atoms with Crippen LogP contribution in [0.15, 0.2) is 23.6 Å². The lowest BCUT2D eigenvalue weighted by atomic mass is 9.97. The van der Waals surface area contributed by atoms with Crippen molar-refractivity contribution in [2.24, 2.45) is 0 Å². The van der Waals surface area contributed by atoms with E-state index in [1.165, 1.54) is 10.4 Å². The Morgan fingerprint density at radius 3 is 2.95 bits per heavy atom. The first-order valence-corrected chi connectivity index (χ1v) is 8.56. The molecule has 4 nitrogen and oxygen atoms in total. The predicted molar refractivity (Wildman–Crippen MR) is 85.7 cm³/mol. The number of hydrogen-bond donors (Lipinski definition) is 1. The molecule has 0 saturated heterocycles. The van der Waals surface area contributed by atoms with Gasteiger partial charge in [0.1, 0.15) is 5.75 Å². The van der Waals surface area contributed by atoms with E-state index in [0.29, 0.717) is 11.8 Å². The zero-order valence-electron chi connectivity index (χ0n) is 12.5. The highest BCUT2D eigenvalue weighted by Crippen LogP contribution is 2.40. The average Bonchev–Trinajstić information content (AvgIpc) is 3.15. The molecule has 2 aromatic rings. The second-order valence-electron chi connectivity index (χ2n) is 5.78. The van der Waals surface area contributed by atoms with Crippen molar-refractivity contribution in [1.82, 2.24) is 4.90 Å². The molecular formula is C17H19NO3S. The Labute approximate surface area is 133 Å². The van der Waals surface area contributed by atoms with Crippen molar-refractivity contribution in [2.75, 3.05) is 13.3 Å². The van der Waals surface area contributed by atoms with Crippen LogP contribution in [0.2, 0.25) is 0 Å². The minimum atomic E-state index is 0.234. The maximum Gasteiger partial charge on any atom is 0.231 e. The number of hydrogen-bond acceptors (Lipinski definition) is 5. The van der Waals surface area contributed by atoms with Crippen LogP contribution in [0.5, 0.6) is 17.2 Å². The van der Waals surface area contributed by atoms with Gasteiger partial charge in [0.2, 0.25) is 6.79 Å². The fourth-order valence-corrected chi connectivity index (χ4v) is 4.36.